The molecule has 0 radical (unpaired) electrons. The molecule has 0 rings (SSSR count). The van der Waals surface area contributed by atoms with Crippen LogP contribution in [0.5, 0.6) is 0 Å². The van der Waals surface area contributed by atoms with Crippen molar-refractivity contribution in [2.45, 2.75) is 0 Å². The Morgan fingerprint density at radius 3 is 1.90 bits per heavy atom. The number of ether oxygens (including phenoxy) is 5. The molecule has 0 aliphatic heterocycles. The molecule has 20 heavy (non-hydrogen) atoms. The summed E-state index contributed by atoms with van der Waals surface area (Å²) in [6.45, 7) is -0.553. The Morgan fingerprint density at radius 2 is 1.25 bits per heavy atom. The van der Waals surface area contributed by atoms with Gasteiger partial charge in [-0.05, 0) is 0 Å². The third kappa shape index (κ3) is 13.3. The highest BCUT2D eigenvalue weighted by Gasteiger charge is 2.10. The van der Waals surface area contributed by atoms with E-state index in [1.165, 1.54) is 0 Å². The van der Waals surface area contributed by atoms with Crippen molar-refractivity contribution in [1.29, 1.82) is 0 Å². The molecule has 118 valence electrons. The molecule has 0 heterocycles. The fourth-order valence-corrected chi connectivity index (χ4v) is 0.933. The quantitative estimate of drug-likeness (QED) is 0.173. The number of hydrogen-bond donors (Lipinski definition) is 2. The van der Waals surface area contributed by atoms with Crippen LogP contribution in [0.1, 0.15) is 0 Å². The lowest BCUT2D eigenvalue weighted by Gasteiger charge is -2.06. The standard InChI is InChI=1S/C11H20O9/c12-1-3-16-5-6-17-7-10(14)20-11(15)8-19-9-18-4-2-13/h12-13H,1-9H2. The lowest BCUT2D eigenvalue weighted by Crippen LogP contribution is -2.22. The SMILES string of the molecule is O=C(COCCOCCO)OC(=O)COCOCCO. The molecule has 0 aromatic carbocycles. The minimum absolute atomic E-state index is 0.0848. The van der Waals surface area contributed by atoms with Gasteiger partial charge in [0.05, 0.1) is 39.6 Å². The molecule has 9 heteroatoms. The van der Waals surface area contributed by atoms with Gasteiger partial charge in [0.25, 0.3) is 0 Å². The molecular formula is C11H20O9. The van der Waals surface area contributed by atoms with E-state index in [2.05, 4.69) is 4.74 Å². The van der Waals surface area contributed by atoms with Crippen LogP contribution in [0.2, 0.25) is 0 Å². The Hall–Kier alpha value is -1.10. The maximum atomic E-state index is 11.1. The molecule has 0 atom stereocenters. The molecule has 0 aromatic rings. The first kappa shape index (κ1) is 18.9. The zero-order valence-electron chi connectivity index (χ0n) is 11.1. The normalized spacial score (nSPS) is 10.5. The second-order valence-electron chi connectivity index (χ2n) is 3.33. The van der Waals surface area contributed by atoms with E-state index in [9.17, 15) is 9.59 Å². The van der Waals surface area contributed by atoms with Crippen LogP contribution in [0, 0.1) is 0 Å². The van der Waals surface area contributed by atoms with Gasteiger partial charge in [-0.3, -0.25) is 0 Å². The summed E-state index contributed by atoms with van der Waals surface area (Å²) in [7, 11) is 0. The molecule has 0 unspecified atom stereocenters. The van der Waals surface area contributed by atoms with Crippen molar-refractivity contribution in [3.8, 4) is 0 Å². The van der Waals surface area contributed by atoms with E-state index < -0.39 is 18.5 Å². The molecular weight excluding hydrogens is 276 g/mol. The van der Waals surface area contributed by atoms with Crippen LogP contribution >= 0.6 is 0 Å². The highest BCUT2D eigenvalue weighted by Crippen LogP contribution is 1.87. The summed E-state index contributed by atoms with van der Waals surface area (Å²) in [5.74, 6) is -1.69. The van der Waals surface area contributed by atoms with Gasteiger partial charge in [0.2, 0.25) is 0 Å². The molecule has 0 amide bonds. The maximum absolute atomic E-state index is 11.1. The number of rotatable bonds is 13. The van der Waals surface area contributed by atoms with E-state index in [-0.39, 0.29) is 53.0 Å². The number of carbonyl (C=O) groups is 2. The van der Waals surface area contributed by atoms with Crippen LogP contribution in [0.15, 0.2) is 0 Å². The van der Waals surface area contributed by atoms with Gasteiger partial charge >= 0.3 is 11.9 Å². The van der Waals surface area contributed by atoms with Crippen molar-refractivity contribution in [1.82, 2.24) is 0 Å². The Bertz CT molecular complexity index is 256. The van der Waals surface area contributed by atoms with Gasteiger partial charge in [-0.2, -0.15) is 0 Å². The maximum Gasteiger partial charge on any atom is 0.339 e. The number of aliphatic hydroxyl groups is 2. The Kier molecular flexibility index (Phi) is 13.5. The highest BCUT2D eigenvalue weighted by atomic mass is 16.7. The van der Waals surface area contributed by atoms with Crippen molar-refractivity contribution in [3.05, 3.63) is 0 Å². The van der Waals surface area contributed by atoms with E-state index in [1.807, 2.05) is 0 Å². The first-order valence-corrected chi connectivity index (χ1v) is 5.97. The van der Waals surface area contributed by atoms with E-state index in [0.717, 1.165) is 0 Å². The smallest absolute Gasteiger partial charge is 0.339 e. The van der Waals surface area contributed by atoms with Gasteiger partial charge in [0.15, 0.2) is 0 Å². The Balaban J connectivity index is 3.38. The topological polar surface area (TPSA) is 121 Å². The Morgan fingerprint density at radius 1 is 0.700 bits per heavy atom. The van der Waals surface area contributed by atoms with E-state index in [0.29, 0.717) is 0 Å². The van der Waals surface area contributed by atoms with Gasteiger partial charge in [0, 0.05) is 0 Å². The number of carbonyl (C=O) groups excluding carboxylic acids is 2. The third-order valence-corrected chi connectivity index (χ3v) is 1.68. The molecule has 0 saturated carbocycles. The fraction of sp³-hybridized carbons (Fsp3) is 0.818. The first-order valence-electron chi connectivity index (χ1n) is 5.97. The minimum atomic E-state index is -0.859. The summed E-state index contributed by atoms with van der Waals surface area (Å²) in [5, 5.41) is 16.8. The predicted molar refractivity (Wildman–Crippen MR) is 63.7 cm³/mol. The van der Waals surface area contributed by atoms with Crippen molar-refractivity contribution < 1.29 is 43.5 Å². The summed E-state index contributed by atoms with van der Waals surface area (Å²) in [4.78, 5) is 22.2. The van der Waals surface area contributed by atoms with Crippen LogP contribution in [0.4, 0.5) is 0 Å². The lowest BCUT2D eigenvalue weighted by molar-refractivity contribution is -0.169. The average Bonchev–Trinajstić information content (AvgIpc) is 2.42. The van der Waals surface area contributed by atoms with Gasteiger partial charge < -0.3 is 33.9 Å². The summed E-state index contributed by atoms with van der Waals surface area (Å²) >= 11 is 0. The molecule has 0 aliphatic carbocycles. The number of aliphatic hydroxyl groups excluding tert-OH is 2. The molecule has 2 N–H and O–H groups in total. The number of esters is 2. The number of hydrogen-bond acceptors (Lipinski definition) is 9. The van der Waals surface area contributed by atoms with Crippen molar-refractivity contribution in [3.63, 3.8) is 0 Å². The van der Waals surface area contributed by atoms with Crippen LogP contribution < -0.4 is 0 Å². The molecule has 0 bridgehead atoms. The first-order chi connectivity index (χ1) is 9.70. The molecule has 0 aliphatic rings. The van der Waals surface area contributed by atoms with Gasteiger partial charge in [-0.1, -0.05) is 0 Å². The molecule has 0 spiro atoms. The third-order valence-electron chi connectivity index (χ3n) is 1.68. The second kappa shape index (κ2) is 14.3. The van der Waals surface area contributed by atoms with E-state index in [4.69, 9.17) is 29.2 Å². The van der Waals surface area contributed by atoms with Gasteiger partial charge in [-0.25, -0.2) is 9.59 Å². The highest BCUT2D eigenvalue weighted by molar-refractivity contribution is 5.86. The summed E-state index contributed by atoms with van der Waals surface area (Å²) in [6.07, 6.45) is 0. The second-order valence-corrected chi connectivity index (χ2v) is 3.33. The molecule has 0 aromatic heterocycles. The van der Waals surface area contributed by atoms with Crippen molar-refractivity contribution in [2.24, 2.45) is 0 Å². The van der Waals surface area contributed by atoms with E-state index >= 15 is 0 Å². The minimum Gasteiger partial charge on any atom is -0.394 e. The Labute approximate surface area is 116 Å². The molecule has 0 fully saturated rings. The van der Waals surface area contributed by atoms with E-state index in [1.54, 1.807) is 0 Å². The van der Waals surface area contributed by atoms with Crippen LogP contribution in [-0.4, -0.2) is 81.8 Å². The van der Waals surface area contributed by atoms with Crippen molar-refractivity contribution in [2.75, 3.05) is 59.6 Å². The van der Waals surface area contributed by atoms with Crippen LogP contribution in [0.25, 0.3) is 0 Å². The zero-order valence-corrected chi connectivity index (χ0v) is 11.1. The summed E-state index contributed by atoms with van der Waals surface area (Å²) < 4.78 is 23.6. The van der Waals surface area contributed by atoms with Gasteiger partial charge in [-0.15, -0.1) is 0 Å². The lowest BCUT2D eigenvalue weighted by atomic mass is 10.6. The van der Waals surface area contributed by atoms with Crippen LogP contribution in [0.3, 0.4) is 0 Å². The zero-order chi connectivity index (χ0) is 15.1. The fourth-order valence-electron chi connectivity index (χ4n) is 0.933. The monoisotopic (exact) mass is 296 g/mol. The summed E-state index contributed by atoms with van der Waals surface area (Å²) in [5.41, 5.74) is 0. The molecule has 0 saturated heterocycles. The largest absolute Gasteiger partial charge is 0.394 e. The molecule has 9 nitrogen and oxygen atoms in total. The van der Waals surface area contributed by atoms with Crippen molar-refractivity contribution >= 4 is 11.9 Å². The predicted octanol–water partition coefficient (Wildman–Crippen LogP) is -1.94. The van der Waals surface area contributed by atoms with Gasteiger partial charge in [0.1, 0.15) is 20.0 Å². The summed E-state index contributed by atoms with van der Waals surface area (Å²) in [6, 6.07) is 0. The van der Waals surface area contributed by atoms with Crippen LogP contribution in [-0.2, 0) is 33.3 Å². The average molecular weight is 296 g/mol.